The number of hydrogen-bond donors (Lipinski definition) is 1. The number of hydrogen-bond acceptors (Lipinski definition) is 2. The maximum absolute atomic E-state index is 4.13. The fraction of sp³-hybridized carbons (Fsp3) is 0.308. The molecule has 0 atom stereocenters. The number of benzene rings is 1. The molecular formula is C13H17N3. The van der Waals surface area contributed by atoms with Gasteiger partial charge >= 0.3 is 0 Å². The minimum Gasteiger partial charge on any atom is -0.311 e. The van der Waals surface area contributed by atoms with E-state index in [-0.39, 0.29) is 0 Å². The van der Waals surface area contributed by atoms with Crippen LogP contribution >= 0.6 is 0 Å². The molecule has 2 aromatic rings. The van der Waals surface area contributed by atoms with Gasteiger partial charge in [-0.3, -0.25) is 4.68 Å². The summed E-state index contributed by atoms with van der Waals surface area (Å²) in [7, 11) is 1.97. The highest BCUT2D eigenvalue weighted by molar-refractivity contribution is 5.14. The molecule has 0 unspecified atom stereocenters. The fourth-order valence-electron chi connectivity index (χ4n) is 1.67. The van der Waals surface area contributed by atoms with Crippen molar-refractivity contribution in [3.8, 4) is 0 Å². The zero-order chi connectivity index (χ0) is 11.2. The van der Waals surface area contributed by atoms with Crippen LogP contribution in [-0.4, -0.2) is 16.3 Å². The van der Waals surface area contributed by atoms with Crippen molar-refractivity contribution < 1.29 is 0 Å². The van der Waals surface area contributed by atoms with Crippen LogP contribution in [0.25, 0.3) is 0 Å². The summed E-state index contributed by atoms with van der Waals surface area (Å²) in [5, 5.41) is 7.55. The van der Waals surface area contributed by atoms with E-state index in [1.165, 1.54) is 11.3 Å². The highest BCUT2D eigenvalue weighted by Crippen LogP contribution is 1.99. The molecule has 1 N–H and O–H groups in total. The van der Waals surface area contributed by atoms with Crippen molar-refractivity contribution in [2.24, 2.45) is 7.05 Å². The quantitative estimate of drug-likeness (QED) is 0.770. The van der Waals surface area contributed by atoms with Gasteiger partial charge in [0.05, 0.1) is 5.69 Å². The van der Waals surface area contributed by atoms with Crippen LogP contribution in [0, 0.1) is 0 Å². The molecule has 0 saturated heterocycles. The van der Waals surface area contributed by atoms with Crippen LogP contribution in [0.3, 0.4) is 0 Å². The van der Waals surface area contributed by atoms with Gasteiger partial charge in [-0.1, -0.05) is 30.3 Å². The second-order valence-electron chi connectivity index (χ2n) is 3.86. The molecule has 3 heteroatoms. The Kier molecular flexibility index (Phi) is 3.72. The molecule has 0 aliphatic heterocycles. The van der Waals surface area contributed by atoms with Gasteiger partial charge < -0.3 is 5.32 Å². The first kappa shape index (κ1) is 10.9. The molecule has 84 valence electrons. The second kappa shape index (κ2) is 5.47. The predicted molar refractivity (Wildman–Crippen MR) is 65.1 cm³/mol. The number of nitrogens with zero attached hydrogens (tertiary/aromatic N) is 2. The maximum atomic E-state index is 4.13. The SMILES string of the molecule is Cn1nccc1CNCCc1ccccc1. The maximum Gasteiger partial charge on any atom is 0.0518 e. The highest BCUT2D eigenvalue weighted by atomic mass is 15.3. The van der Waals surface area contributed by atoms with E-state index in [2.05, 4.69) is 34.7 Å². The minimum absolute atomic E-state index is 0.878. The third kappa shape index (κ3) is 2.94. The van der Waals surface area contributed by atoms with Crippen LogP contribution < -0.4 is 5.32 Å². The molecule has 0 spiro atoms. The molecule has 1 heterocycles. The van der Waals surface area contributed by atoms with E-state index in [4.69, 9.17) is 0 Å². The average molecular weight is 215 g/mol. The van der Waals surface area contributed by atoms with Gasteiger partial charge in [0.1, 0.15) is 0 Å². The van der Waals surface area contributed by atoms with Crippen molar-refractivity contribution in [3.05, 3.63) is 53.9 Å². The van der Waals surface area contributed by atoms with Gasteiger partial charge in [-0.05, 0) is 24.6 Å². The third-order valence-corrected chi connectivity index (χ3v) is 2.66. The molecule has 1 aromatic heterocycles. The summed E-state index contributed by atoms with van der Waals surface area (Å²) in [6.45, 7) is 1.87. The first-order valence-corrected chi connectivity index (χ1v) is 5.58. The Morgan fingerprint density at radius 2 is 2.00 bits per heavy atom. The number of nitrogens with one attached hydrogen (secondary N) is 1. The van der Waals surface area contributed by atoms with E-state index in [0.717, 1.165) is 19.5 Å². The summed E-state index contributed by atoms with van der Waals surface area (Å²) in [5.41, 5.74) is 2.59. The largest absolute Gasteiger partial charge is 0.311 e. The Bertz CT molecular complexity index is 420. The fourth-order valence-corrected chi connectivity index (χ4v) is 1.67. The van der Waals surface area contributed by atoms with E-state index < -0.39 is 0 Å². The van der Waals surface area contributed by atoms with Crippen LogP contribution in [0.2, 0.25) is 0 Å². The Morgan fingerprint density at radius 3 is 2.69 bits per heavy atom. The monoisotopic (exact) mass is 215 g/mol. The van der Waals surface area contributed by atoms with E-state index >= 15 is 0 Å². The molecule has 0 saturated carbocycles. The van der Waals surface area contributed by atoms with E-state index in [9.17, 15) is 0 Å². The molecule has 3 nitrogen and oxygen atoms in total. The summed E-state index contributed by atoms with van der Waals surface area (Å²) in [4.78, 5) is 0. The molecule has 0 fully saturated rings. The lowest BCUT2D eigenvalue weighted by atomic mass is 10.1. The van der Waals surface area contributed by atoms with Crippen LogP contribution in [0.1, 0.15) is 11.3 Å². The van der Waals surface area contributed by atoms with Crippen molar-refractivity contribution in [2.75, 3.05) is 6.54 Å². The summed E-state index contributed by atoms with van der Waals surface area (Å²) in [5.74, 6) is 0. The minimum atomic E-state index is 0.878. The number of aromatic nitrogens is 2. The molecule has 0 aliphatic carbocycles. The van der Waals surface area contributed by atoms with Crippen molar-refractivity contribution in [2.45, 2.75) is 13.0 Å². The van der Waals surface area contributed by atoms with Crippen LogP contribution in [0.15, 0.2) is 42.6 Å². The van der Waals surface area contributed by atoms with Crippen molar-refractivity contribution in [1.82, 2.24) is 15.1 Å². The first-order valence-electron chi connectivity index (χ1n) is 5.58. The van der Waals surface area contributed by atoms with Gasteiger partial charge in [0.15, 0.2) is 0 Å². The lowest BCUT2D eigenvalue weighted by Gasteiger charge is -2.05. The average Bonchev–Trinajstić information content (AvgIpc) is 2.72. The molecule has 1 aromatic carbocycles. The van der Waals surface area contributed by atoms with Gasteiger partial charge in [-0.15, -0.1) is 0 Å². The van der Waals surface area contributed by atoms with Gasteiger partial charge in [-0.2, -0.15) is 5.10 Å². The molecule has 0 aliphatic rings. The van der Waals surface area contributed by atoms with Crippen molar-refractivity contribution in [1.29, 1.82) is 0 Å². The Balaban J connectivity index is 1.72. The standard InChI is InChI=1S/C13H17N3/c1-16-13(8-10-15-16)11-14-9-7-12-5-3-2-4-6-12/h2-6,8,10,14H,7,9,11H2,1H3. The summed E-state index contributed by atoms with van der Waals surface area (Å²) in [6.07, 6.45) is 2.90. The van der Waals surface area contributed by atoms with E-state index in [1.807, 2.05) is 30.1 Å². The Morgan fingerprint density at radius 1 is 1.19 bits per heavy atom. The van der Waals surface area contributed by atoms with Crippen molar-refractivity contribution in [3.63, 3.8) is 0 Å². The molecule has 16 heavy (non-hydrogen) atoms. The van der Waals surface area contributed by atoms with E-state index in [0.29, 0.717) is 0 Å². The molecule has 0 radical (unpaired) electrons. The van der Waals surface area contributed by atoms with Crippen LogP contribution in [0.5, 0.6) is 0 Å². The van der Waals surface area contributed by atoms with Gasteiger partial charge in [-0.25, -0.2) is 0 Å². The summed E-state index contributed by atoms with van der Waals surface area (Å²) in [6, 6.07) is 12.6. The van der Waals surface area contributed by atoms with Gasteiger partial charge in [0.25, 0.3) is 0 Å². The molecule has 0 bridgehead atoms. The second-order valence-corrected chi connectivity index (χ2v) is 3.86. The highest BCUT2D eigenvalue weighted by Gasteiger charge is 1.97. The molecule has 0 amide bonds. The lowest BCUT2D eigenvalue weighted by Crippen LogP contribution is -2.18. The molecular weight excluding hydrogens is 198 g/mol. The topological polar surface area (TPSA) is 29.9 Å². The van der Waals surface area contributed by atoms with Crippen LogP contribution in [-0.2, 0) is 20.0 Å². The predicted octanol–water partition coefficient (Wildman–Crippen LogP) is 1.75. The van der Waals surface area contributed by atoms with Crippen molar-refractivity contribution >= 4 is 0 Å². The van der Waals surface area contributed by atoms with Crippen LogP contribution in [0.4, 0.5) is 0 Å². The van der Waals surface area contributed by atoms with Gasteiger partial charge in [0.2, 0.25) is 0 Å². The first-order chi connectivity index (χ1) is 7.86. The number of aryl methyl sites for hydroxylation is 1. The Labute approximate surface area is 96.1 Å². The smallest absolute Gasteiger partial charge is 0.0518 e. The zero-order valence-electron chi connectivity index (χ0n) is 9.56. The van der Waals surface area contributed by atoms with E-state index in [1.54, 1.807) is 0 Å². The summed E-state index contributed by atoms with van der Waals surface area (Å²) < 4.78 is 1.90. The molecule has 2 rings (SSSR count). The number of rotatable bonds is 5. The summed E-state index contributed by atoms with van der Waals surface area (Å²) >= 11 is 0. The van der Waals surface area contributed by atoms with Gasteiger partial charge in [0, 0.05) is 19.8 Å². The zero-order valence-corrected chi connectivity index (χ0v) is 9.56. The normalized spacial score (nSPS) is 10.6. The lowest BCUT2D eigenvalue weighted by molar-refractivity contribution is 0.626. The third-order valence-electron chi connectivity index (χ3n) is 2.66. The Hall–Kier alpha value is -1.61.